The van der Waals surface area contributed by atoms with Crippen LogP contribution in [0.15, 0.2) is 34.9 Å². The Labute approximate surface area is 174 Å². The monoisotopic (exact) mass is 411 g/mol. The normalized spacial score (nSPS) is 19.9. The summed E-state index contributed by atoms with van der Waals surface area (Å²) in [4.78, 5) is 47.1. The zero-order chi connectivity index (χ0) is 21.3. The average molecular weight is 411 g/mol. The summed E-state index contributed by atoms with van der Waals surface area (Å²) in [6, 6.07) is 6.81. The van der Waals surface area contributed by atoms with Crippen LogP contribution in [0.25, 0.3) is 0 Å². The number of carbonyl (C=O) groups is 3. The maximum absolute atomic E-state index is 13.0. The quantitative estimate of drug-likeness (QED) is 0.819. The van der Waals surface area contributed by atoms with Gasteiger partial charge in [0.25, 0.3) is 5.91 Å². The Balaban J connectivity index is 1.44. The molecule has 3 amide bonds. The van der Waals surface area contributed by atoms with Gasteiger partial charge in [-0.15, -0.1) is 0 Å². The van der Waals surface area contributed by atoms with E-state index in [1.54, 1.807) is 22.8 Å². The highest BCUT2D eigenvalue weighted by Crippen LogP contribution is 2.24. The summed E-state index contributed by atoms with van der Waals surface area (Å²) < 4.78 is 5.14. The molecule has 0 unspecified atom stereocenters. The number of carbonyl (C=O) groups excluding carboxylic acids is 3. The van der Waals surface area contributed by atoms with Gasteiger partial charge in [-0.3, -0.25) is 19.3 Å². The predicted octanol–water partition coefficient (Wildman–Crippen LogP) is 1.50. The number of anilines is 2. The first kappa shape index (κ1) is 20.1. The highest BCUT2D eigenvalue weighted by molar-refractivity contribution is 5.99. The van der Waals surface area contributed by atoms with Gasteiger partial charge >= 0.3 is 0 Å². The molecular formula is C21H25N5O4. The Morgan fingerprint density at radius 2 is 2.07 bits per heavy atom. The van der Waals surface area contributed by atoms with E-state index in [-0.39, 0.29) is 30.0 Å². The predicted molar refractivity (Wildman–Crippen MR) is 110 cm³/mol. The molecule has 0 bridgehead atoms. The fourth-order valence-electron chi connectivity index (χ4n) is 3.86. The van der Waals surface area contributed by atoms with Gasteiger partial charge in [-0.1, -0.05) is 6.07 Å². The number of piperazine rings is 1. The maximum Gasteiger partial charge on any atom is 0.275 e. The first-order chi connectivity index (χ1) is 14.4. The lowest BCUT2D eigenvalue weighted by Crippen LogP contribution is -2.57. The standard InChI is InChI=1S/C21H25N5O4/c1-14-22-17(13-30-14)21(29)25-10-9-24(2)18(12-25)20(28)23-15-5-3-6-16(11-15)26-8-4-7-19(26)27/h3,5-6,11,13,18H,4,7-10,12H2,1-2H3,(H,23,28)/t18-/m1/s1. The molecule has 3 heterocycles. The lowest BCUT2D eigenvalue weighted by atomic mass is 10.1. The lowest BCUT2D eigenvalue weighted by molar-refractivity contribution is -0.122. The summed E-state index contributed by atoms with van der Waals surface area (Å²) in [5.74, 6) is 0.0874. The van der Waals surface area contributed by atoms with Gasteiger partial charge < -0.3 is 19.5 Å². The largest absolute Gasteiger partial charge is 0.448 e. The van der Waals surface area contributed by atoms with Crippen LogP contribution in [-0.2, 0) is 9.59 Å². The fraction of sp³-hybridized carbons (Fsp3) is 0.429. The lowest BCUT2D eigenvalue weighted by Gasteiger charge is -2.38. The second kappa shape index (κ2) is 8.27. The fourth-order valence-corrected chi connectivity index (χ4v) is 3.86. The molecule has 2 aliphatic rings. The van der Waals surface area contributed by atoms with Crippen LogP contribution in [-0.4, -0.2) is 71.8 Å². The van der Waals surface area contributed by atoms with Gasteiger partial charge in [0.1, 0.15) is 12.3 Å². The molecule has 0 spiro atoms. The Morgan fingerprint density at radius 1 is 1.23 bits per heavy atom. The first-order valence-corrected chi connectivity index (χ1v) is 10.1. The molecule has 0 radical (unpaired) electrons. The number of benzene rings is 1. The van der Waals surface area contributed by atoms with Crippen LogP contribution < -0.4 is 10.2 Å². The molecule has 2 saturated heterocycles. The van der Waals surface area contributed by atoms with Crippen molar-refractivity contribution in [3.8, 4) is 0 Å². The van der Waals surface area contributed by atoms with Gasteiger partial charge in [0.15, 0.2) is 11.6 Å². The molecule has 30 heavy (non-hydrogen) atoms. The third-order valence-electron chi connectivity index (χ3n) is 5.57. The number of hydrogen-bond acceptors (Lipinski definition) is 6. The van der Waals surface area contributed by atoms with E-state index in [0.717, 1.165) is 12.1 Å². The van der Waals surface area contributed by atoms with Gasteiger partial charge in [-0.2, -0.15) is 0 Å². The Kier molecular flexibility index (Phi) is 5.54. The Hall–Kier alpha value is -3.20. The van der Waals surface area contributed by atoms with Gasteiger partial charge in [-0.25, -0.2) is 4.98 Å². The van der Waals surface area contributed by atoms with E-state index in [1.807, 2.05) is 30.1 Å². The van der Waals surface area contributed by atoms with E-state index in [0.29, 0.717) is 37.6 Å². The Morgan fingerprint density at radius 3 is 2.77 bits per heavy atom. The van der Waals surface area contributed by atoms with Crippen molar-refractivity contribution in [1.82, 2.24) is 14.8 Å². The van der Waals surface area contributed by atoms with Crippen LogP contribution in [0.5, 0.6) is 0 Å². The number of aromatic nitrogens is 1. The number of aryl methyl sites for hydroxylation is 1. The van der Waals surface area contributed by atoms with E-state index >= 15 is 0 Å². The topological polar surface area (TPSA) is 99.0 Å². The molecule has 9 heteroatoms. The van der Waals surface area contributed by atoms with Crippen molar-refractivity contribution >= 4 is 29.1 Å². The van der Waals surface area contributed by atoms with Crippen LogP contribution >= 0.6 is 0 Å². The number of likely N-dealkylation sites (N-methyl/N-ethyl adjacent to an activating group) is 1. The maximum atomic E-state index is 13.0. The van der Waals surface area contributed by atoms with Crippen LogP contribution in [0.2, 0.25) is 0 Å². The molecule has 1 N–H and O–H groups in total. The van der Waals surface area contributed by atoms with Crippen LogP contribution in [0, 0.1) is 6.92 Å². The summed E-state index contributed by atoms with van der Waals surface area (Å²) in [5.41, 5.74) is 1.66. The molecule has 1 aromatic heterocycles. The van der Waals surface area contributed by atoms with Gasteiger partial charge in [0, 0.05) is 50.9 Å². The highest BCUT2D eigenvalue weighted by Gasteiger charge is 2.33. The third kappa shape index (κ3) is 4.06. The van der Waals surface area contributed by atoms with Crippen molar-refractivity contribution in [2.24, 2.45) is 0 Å². The van der Waals surface area contributed by atoms with E-state index in [2.05, 4.69) is 10.3 Å². The molecule has 4 rings (SSSR count). The number of nitrogens with one attached hydrogen (secondary N) is 1. The minimum atomic E-state index is -0.493. The van der Waals surface area contributed by atoms with Crippen molar-refractivity contribution in [2.75, 3.05) is 43.4 Å². The number of nitrogens with zero attached hydrogens (tertiary/aromatic N) is 4. The summed E-state index contributed by atoms with van der Waals surface area (Å²) in [7, 11) is 1.87. The van der Waals surface area contributed by atoms with Crippen molar-refractivity contribution in [1.29, 1.82) is 0 Å². The molecule has 0 saturated carbocycles. The molecule has 2 aliphatic heterocycles. The van der Waals surface area contributed by atoms with Crippen LogP contribution in [0.1, 0.15) is 29.2 Å². The van der Waals surface area contributed by atoms with Crippen molar-refractivity contribution < 1.29 is 18.8 Å². The molecule has 1 atom stereocenters. The Bertz CT molecular complexity index is 972. The van der Waals surface area contributed by atoms with Gasteiger partial charge in [-0.05, 0) is 31.7 Å². The minimum Gasteiger partial charge on any atom is -0.448 e. The van der Waals surface area contributed by atoms with E-state index in [9.17, 15) is 14.4 Å². The molecule has 0 aliphatic carbocycles. The smallest absolute Gasteiger partial charge is 0.275 e. The average Bonchev–Trinajstić information content (AvgIpc) is 3.36. The highest BCUT2D eigenvalue weighted by atomic mass is 16.3. The second-order valence-electron chi connectivity index (χ2n) is 7.69. The van der Waals surface area contributed by atoms with Crippen molar-refractivity contribution in [3.05, 3.63) is 42.1 Å². The number of amides is 3. The summed E-state index contributed by atoms with van der Waals surface area (Å²) in [5, 5.41) is 2.93. The van der Waals surface area contributed by atoms with E-state index in [1.165, 1.54) is 6.26 Å². The molecule has 9 nitrogen and oxygen atoms in total. The molecular weight excluding hydrogens is 386 g/mol. The molecule has 158 valence electrons. The first-order valence-electron chi connectivity index (χ1n) is 10.1. The molecule has 1 aromatic carbocycles. The minimum absolute atomic E-state index is 0.0998. The SMILES string of the molecule is Cc1nc(C(=O)N2CCN(C)[C@@H](C(=O)Nc3cccc(N4CCCC4=O)c3)C2)co1. The zero-order valence-corrected chi connectivity index (χ0v) is 17.1. The number of oxazole rings is 1. The van der Waals surface area contributed by atoms with Crippen LogP contribution in [0.4, 0.5) is 11.4 Å². The van der Waals surface area contributed by atoms with Crippen LogP contribution in [0.3, 0.4) is 0 Å². The third-order valence-corrected chi connectivity index (χ3v) is 5.57. The van der Waals surface area contributed by atoms with Gasteiger partial charge in [0.2, 0.25) is 11.8 Å². The van der Waals surface area contributed by atoms with Crippen molar-refractivity contribution in [2.45, 2.75) is 25.8 Å². The zero-order valence-electron chi connectivity index (χ0n) is 17.1. The summed E-state index contributed by atoms with van der Waals surface area (Å²) in [6.07, 6.45) is 2.74. The number of hydrogen-bond donors (Lipinski definition) is 1. The molecule has 2 fully saturated rings. The summed E-state index contributed by atoms with van der Waals surface area (Å²) in [6.45, 7) is 3.72. The van der Waals surface area contributed by atoms with E-state index < -0.39 is 6.04 Å². The second-order valence-corrected chi connectivity index (χ2v) is 7.69. The summed E-state index contributed by atoms with van der Waals surface area (Å²) >= 11 is 0. The number of rotatable bonds is 4. The molecule has 2 aromatic rings. The van der Waals surface area contributed by atoms with Gasteiger partial charge in [0.05, 0.1) is 0 Å². The van der Waals surface area contributed by atoms with E-state index in [4.69, 9.17) is 4.42 Å². The van der Waals surface area contributed by atoms with Crippen molar-refractivity contribution in [3.63, 3.8) is 0 Å².